The molecule has 0 unspecified atom stereocenters. The number of carbonyl (C=O) groups is 2. The van der Waals surface area contributed by atoms with E-state index in [9.17, 15) is 9.59 Å². The number of halogens is 1. The van der Waals surface area contributed by atoms with Gasteiger partial charge in [0.15, 0.2) is 0 Å². The second-order valence-corrected chi connectivity index (χ2v) is 4.47. The number of nitrogens with one attached hydrogen (secondary N) is 1. The van der Waals surface area contributed by atoms with Crippen LogP contribution in [0.5, 0.6) is 0 Å². The molecule has 18 heavy (non-hydrogen) atoms. The Morgan fingerprint density at radius 3 is 2.61 bits per heavy atom. The van der Waals surface area contributed by atoms with Crippen molar-refractivity contribution in [3.05, 3.63) is 34.9 Å². The van der Waals surface area contributed by atoms with Crippen LogP contribution in [0.1, 0.15) is 37.8 Å². The topological polar surface area (TPSA) is 66.4 Å². The maximum absolute atomic E-state index is 11.6. The molecule has 0 saturated carbocycles. The Morgan fingerprint density at radius 2 is 2.00 bits per heavy atom. The van der Waals surface area contributed by atoms with Crippen LogP contribution in [0.25, 0.3) is 0 Å². The molecule has 4 nitrogen and oxygen atoms in total. The summed E-state index contributed by atoms with van der Waals surface area (Å²) in [7, 11) is 0. The van der Waals surface area contributed by atoms with Crippen LogP contribution < -0.4 is 5.32 Å². The maximum Gasteiger partial charge on any atom is 0.303 e. The van der Waals surface area contributed by atoms with Gasteiger partial charge in [-0.3, -0.25) is 9.59 Å². The number of hydrogen-bond acceptors (Lipinski definition) is 2. The molecule has 0 aromatic heterocycles. The van der Waals surface area contributed by atoms with Gasteiger partial charge >= 0.3 is 5.97 Å². The molecule has 0 aliphatic heterocycles. The SMILES string of the molecule is C[C@@H](NC(=O)CCCC(=O)O)c1ccccc1Cl. The van der Waals surface area contributed by atoms with Crippen LogP contribution in [0.2, 0.25) is 5.02 Å². The monoisotopic (exact) mass is 269 g/mol. The van der Waals surface area contributed by atoms with Gasteiger partial charge in [-0.05, 0) is 25.0 Å². The van der Waals surface area contributed by atoms with E-state index in [4.69, 9.17) is 16.7 Å². The summed E-state index contributed by atoms with van der Waals surface area (Å²) in [4.78, 5) is 21.9. The molecule has 1 aromatic carbocycles. The highest BCUT2D eigenvalue weighted by molar-refractivity contribution is 6.31. The minimum Gasteiger partial charge on any atom is -0.481 e. The van der Waals surface area contributed by atoms with Crippen molar-refractivity contribution in [2.75, 3.05) is 0 Å². The summed E-state index contributed by atoms with van der Waals surface area (Å²) in [5, 5.41) is 11.9. The minimum absolute atomic E-state index is 0.00783. The van der Waals surface area contributed by atoms with Crippen LogP contribution in [-0.4, -0.2) is 17.0 Å². The molecule has 0 heterocycles. The van der Waals surface area contributed by atoms with Crippen LogP contribution in [0, 0.1) is 0 Å². The lowest BCUT2D eigenvalue weighted by Crippen LogP contribution is -2.26. The predicted octanol–water partition coefficient (Wildman–Crippen LogP) is 2.77. The fraction of sp³-hybridized carbons (Fsp3) is 0.385. The lowest BCUT2D eigenvalue weighted by molar-refractivity contribution is -0.137. The number of carboxylic acid groups (broad SMARTS) is 1. The summed E-state index contributed by atoms with van der Waals surface area (Å²) in [6.07, 6.45) is 0.561. The van der Waals surface area contributed by atoms with E-state index in [0.717, 1.165) is 5.56 Å². The van der Waals surface area contributed by atoms with Crippen molar-refractivity contribution in [3.8, 4) is 0 Å². The first-order valence-electron chi connectivity index (χ1n) is 5.76. The van der Waals surface area contributed by atoms with Gasteiger partial charge in [-0.2, -0.15) is 0 Å². The lowest BCUT2D eigenvalue weighted by atomic mass is 10.1. The van der Waals surface area contributed by atoms with Crippen LogP contribution in [0.4, 0.5) is 0 Å². The molecule has 0 aliphatic rings. The third-order valence-corrected chi connectivity index (χ3v) is 2.89. The fourth-order valence-corrected chi connectivity index (χ4v) is 1.92. The van der Waals surface area contributed by atoms with Crippen LogP contribution in [0.15, 0.2) is 24.3 Å². The van der Waals surface area contributed by atoms with E-state index in [1.807, 2.05) is 25.1 Å². The zero-order chi connectivity index (χ0) is 13.5. The van der Waals surface area contributed by atoms with Crippen molar-refractivity contribution >= 4 is 23.5 Å². The zero-order valence-corrected chi connectivity index (χ0v) is 10.9. The number of hydrogen-bond donors (Lipinski definition) is 2. The van der Waals surface area contributed by atoms with Gasteiger partial charge in [-0.1, -0.05) is 29.8 Å². The van der Waals surface area contributed by atoms with Crippen molar-refractivity contribution in [1.82, 2.24) is 5.32 Å². The number of amides is 1. The molecule has 0 aliphatic carbocycles. The molecule has 0 saturated heterocycles. The second kappa shape index (κ2) is 7.01. The van der Waals surface area contributed by atoms with Crippen molar-refractivity contribution < 1.29 is 14.7 Å². The first kappa shape index (κ1) is 14.5. The van der Waals surface area contributed by atoms with Crippen molar-refractivity contribution in [3.63, 3.8) is 0 Å². The molecule has 0 spiro atoms. The standard InChI is InChI=1S/C13H16ClNO3/c1-9(10-5-2-3-6-11(10)14)15-12(16)7-4-8-13(17)18/h2-3,5-6,9H,4,7-8H2,1H3,(H,15,16)(H,17,18)/t9-/m1/s1. The normalized spacial score (nSPS) is 11.9. The highest BCUT2D eigenvalue weighted by Crippen LogP contribution is 2.22. The minimum atomic E-state index is -0.887. The summed E-state index contributed by atoms with van der Waals surface area (Å²) in [6, 6.07) is 7.12. The molecular weight excluding hydrogens is 254 g/mol. The van der Waals surface area contributed by atoms with Gasteiger partial charge < -0.3 is 10.4 Å². The van der Waals surface area contributed by atoms with Crippen molar-refractivity contribution in [2.24, 2.45) is 0 Å². The molecule has 1 rings (SSSR count). The molecular formula is C13H16ClNO3. The first-order chi connectivity index (χ1) is 8.50. The molecule has 2 N–H and O–H groups in total. The smallest absolute Gasteiger partial charge is 0.303 e. The number of carbonyl (C=O) groups excluding carboxylic acids is 1. The number of carboxylic acids is 1. The maximum atomic E-state index is 11.6. The van der Waals surface area contributed by atoms with Gasteiger partial charge in [0, 0.05) is 17.9 Å². The Morgan fingerprint density at radius 1 is 1.33 bits per heavy atom. The summed E-state index contributed by atoms with van der Waals surface area (Å²) in [5.41, 5.74) is 0.853. The van der Waals surface area contributed by atoms with Crippen molar-refractivity contribution in [1.29, 1.82) is 0 Å². The predicted molar refractivity (Wildman–Crippen MR) is 69.5 cm³/mol. The average molecular weight is 270 g/mol. The quantitative estimate of drug-likeness (QED) is 0.834. The Balaban J connectivity index is 2.45. The lowest BCUT2D eigenvalue weighted by Gasteiger charge is -2.15. The molecule has 0 bridgehead atoms. The highest BCUT2D eigenvalue weighted by atomic mass is 35.5. The Labute approximate surface area is 111 Å². The molecule has 0 fully saturated rings. The van der Waals surface area contributed by atoms with E-state index >= 15 is 0 Å². The average Bonchev–Trinajstić information content (AvgIpc) is 2.28. The Kier molecular flexibility index (Phi) is 5.65. The number of aliphatic carboxylic acids is 1. The van der Waals surface area contributed by atoms with Gasteiger partial charge in [0.05, 0.1) is 6.04 Å². The van der Waals surface area contributed by atoms with Gasteiger partial charge in [-0.15, -0.1) is 0 Å². The van der Waals surface area contributed by atoms with Gasteiger partial charge in [0.2, 0.25) is 5.91 Å². The zero-order valence-electron chi connectivity index (χ0n) is 10.1. The van der Waals surface area contributed by atoms with Crippen LogP contribution >= 0.6 is 11.6 Å². The third-order valence-electron chi connectivity index (χ3n) is 2.54. The number of benzene rings is 1. The summed E-state index contributed by atoms with van der Waals surface area (Å²) >= 11 is 6.02. The fourth-order valence-electron chi connectivity index (χ4n) is 1.62. The third kappa shape index (κ3) is 4.75. The summed E-state index contributed by atoms with van der Waals surface area (Å²) in [6.45, 7) is 1.84. The Bertz CT molecular complexity index is 434. The first-order valence-corrected chi connectivity index (χ1v) is 6.14. The van der Waals surface area contributed by atoms with E-state index in [1.165, 1.54) is 0 Å². The van der Waals surface area contributed by atoms with Gasteiger partial charge in [0.25, 0.3) is 0 Å². The molecule has 5 heteroatoms. The second-order valence-electron chi connectivity index (χ2n) is 4.06. The molecule has 0 radical (unpaired) electrons. The van der Waals surface area contributed by atoms with Crippen LogP contribution in [-0.2, 0) is 9.59 Å². The highest BCUT2D eigenvalue weighted by Gasteiger charge is 2.12. The molecule has 1 atom stereocenters. The molecule has 1 aromatic rings. The van der Waals surface area contributed by atoms with E-state index in [0.29, 0.717) is 11.4 Å². The van der Waals surface area contributed by atoms with Gasteiger partial charge in [-0.25, -0.2) is 0 Å². The number of rotatable bonds is 6. The summed E-state index contributed by atoms with van der Waals surface area (Å²) in [5.74, 6) is -1.05. The van der Waals surface area contributed by atoms with Crippen molar-refractivity contribution in [2.45, 2.75) is 32.2 Å². The summed E-state index contributed by atoms with van der Waals surface area (Å²) < 4.78 is 0. The van der Waals surface area contributed by atoms with Gasteiger partial charge in [0.1, 0.15) is 0 Å². The van der Waals surface area contributed by atoms with E-state index in [2.05, 4.69) is 5.32 Å². The largest absolute Gasteiger partial charge is 0.481 e. The Hall–Kier alpha value is -1.55. The van der Waals surface area contributed by atoms with E-state index in [1.54, 1.807) is 6.07 Å². The van der Waals surface area contributed by atoms with Crippen LogP contribution in [0.3, 0.4) is 0 Å². The van der Waals surface area contributed by atoms with E-state index < -0.39 is 5.97 Å². The molecule has 1 amide bonds. The molecule has 98 valence electrons. The van der Waals surface area contributed by atoms with E-state index in [-0.39, 0.29) is 24.8 Å².